The minimum Gasteiger partial charge on any atom is -0.493 e. The predicted octanol–water partition coefficient (Wildman–Crippen LogP) is 7.23. The fraction of sp³-hybridized carbons (Fsp3) is 0.520. The van der Waals surface area contributed by atoms with Crippen LogP contribution in [0, 0.1) is 5.92 Å². The van der Waals surface area contributed by atoms with Crippen LogP contribution >= 0.6 is 0 Å². The lowest BCUT2D eigenvalue weighted by Gasteiger charge is -2.29. The monoisotopic (exact) mass is 525 g/mol. The van der Waals surface area contributed by atoms with E-state index in [9.17, 15) is 40.2 Å². The van der Waals surface area contributed by atoms with E-state index < -0.39 is 43.0 Å². The highest BCUT2D eigenvalue weighted by Crippen LogP contribution is 2.44. The molecular weight excluding hydrogens is 498 g/mol. The lowest BCUT2D eigenvalue weighted by molar-refractivity contribution is -0.289. The van der Waals surface area contributed by atoms with Gasteiger partial charge in [-0.2, -0.15) is 35.1 Å². The number of ether oxygens (including phenoxy) is 1. The molecule has 1 fully saturated rings. The number of halogens is 8. The van der Waals surface area contributed by atoms with Crippen molar-refractivity contribution in [3.63, 3.8) is 0 Å². The maximum absolute atomic E-state index is 13.8. The van der Waals surface area contributed by atoms with Gasteiger partial charge in [0.15, 0.2) is 6.10 Å². The molecule has 0 unspecified atom stereocenters. The van der Waals surface area contributed by atoms with Gasteiger partial charge in [-0.3, -0.25) is 0 Å². The first kappa shape index (κ1) is 28.0. The summed E-state index contributed by atoms with van der Waals surface area (Å²) in [4.78, 5) is 1.07. The molecule has 1 atom stereocenters. The van der Waals surface area contributed by atoms with Crippen LogP contribution in [-0.2, 0) is 12.5 Å². The van der Waals surface area contributed by atoms with E-state index in [2.05, 4.69) is 0 Å². The Labute approximate surface area is 203 Å². The molecule has 1 saturated carbocycles. The Bertz CT molecular complexity index is 987. The highest BCUT2D eigenvalue weighted by atomic mass is 19.4. The zero-order valence-corrected chi connectivity index (χ0v) is 19.3. The van der Waals surface area contributed by atoms with Crippen LogP contribution < -0.4 is 9.64 Å². The van der Waals surface area contributed by atoms with Crippen LogP contribution in [0.5, 0.6) is 5.75 Å². The number of hydrogen-bond donors (Lipinski definition) is 1. The number of alkyl halides is 8. The van der Waals surface area contributed by atoms with Crippen LogP contribution in [-0.4, -0.2) is 36.7 Å². The average Bonchev–Trinajstić information content (AvgIpc) is 2.82. The van der Waals surface area contributed by atoms with Gasteiger partial charge >= 0.3 is 18.3 Å². The molecular formula is C25H27F8NO2. The molecule has 3 nitrogen and oxygen atoms in total. The van der Waals surface area contributed by atoms with Gasteiger partial charge in [0.1, 0.15) is 5.75 Å². The van der Waals surface area contributed by atoms with Crippen molar-refractivity contribution in [2.75, 3.05) is 18.1 Å². The second kappa shape index (κ2) is 11.2. The molecule has 0 aromatic heterocycles. The van der Waals surface area contributed by atoms with E-state index in [0.717, 1.165) is 36.6 Å². The SMILES string of the molecule is O[C@H](CN(Cc1cccc(C(F)(F)C(F)(F)F)c1)c1cccc(OCC2CCCCC2)c1)C(F)(F)F. The van der Waals surface area contributed by atoms with Gasteiger partial charge in [-0.25, -0.2) is 0 Å². The van der Waals surface area contributed by atoms with Gasteiger partial charge < -0.3 is 14.7 Å². The van der Waals surface area contributed by atoms with E-state index in [0.29, 0.717) is 30.4 Å². The minimum atomic E-state index is -5.83. The summed E-state index contributed by atoms with van der Waals surface area (Å²) in [6.07, 6.45) is -8.17. The second-order valence-corrected chi connectivity index (χ2v) is 9.02. The molecule has 2 aromatic carbocycles. The third kappa shape index (κ3) is 7.24. The first-order chi connectivity index (χ1) is 16.8. The number of anilines is 1. The van der Waals surface area contributed by atoms with Gasteiger partial charge in [0, 0.05) is 23.9 Å². The van der Waals surface area contributed by atoms with Crippen LogP contribution in [0.25, 0.3) is 0 Å². The molecule has 0 bridgehead atoms. The van der Waals surface area contributed by atoms with E-state index in [1.54, 1.807) is 6.07 Å². The number of hydrogen-bond acceptors (Lipinski definition) is 3. The lowest BCUT2D eigenvalue weighted by atomic mass is 9.90. The fourth-order valence-electron chi connectivity index (χ4n) is 4.16. The van der Waals surface area contributed by atoms with Crippen molar-refractivity contribution in [1.29, 1.82) is 0 Å². The molecule has 1 aliphatic rings. The first-order valence-electron chi connectivity index (χ1n) is 11.5. The van der Waals surface area contributed by atoms with E-state index in [-0.39, 0.29) is 11.3 Å². The Hall–Kier alpha value is -2.56. The van der Waals surface area contributed by atoms with Crippen LogP contribution in [0.15, 0.2) is 48.5 Å². The Kier molecular flexibility index (Phi) is 8.74. The zero-order valence-electron chi connectivity index (χ0n) is 19.3. The lowest BCUT2D eigenvalue weighted by Crippen LogP contribution is -2.41. The summed E-state index contributed by atoms with van der Waals surface area (Å²) in [7, 11) is 0. The van der Waals surface area contributed by atoms with Crippen molar-refractivity contribution in [3.05, 3.63) is 59.7 Å². The van der Waals surface area contributed by atoms with Crippen LogP contribution in [0.1, 0.15) is 43.2 Å². The van der Waals surface area contributed by atoms with E-state index in [1.807, 2.05) is 0 Å². The minimum absolute atomic E-state index is 0.0840. The maximum Gasteiger partial charge on any atom is 0.458 e. The standard InChI is InChI=1S/C25H27F8NO2/c26-23(27,25(31,32)33)19-9-4-8-18(12-19)14-34(15-22(35)24(28,29)30)20-10-5-11-21(13-20)36-16-17-6-2-1-3-7-17/h4-5,8-13,17,22,35H,1-3,6-7,14-16H2/t22-/m1/s1. The number of nitrogens with zero attached hydrogens (tertiary/aromatic N) is 1. The summed E-state index contributed by atoms with van der Waals surface area (Å²) >= 11 is 0. The van der Waals surface area contributed by atoms with Gasteiger partial charge in [-0.1, -0.05) is 43.5 Å². The topological polar surface area (TPSA) is 32.7 Å². The Morgan fingerprint density at radius 2 is 1.56 bits per heavy atom. The van der Waals surface area contributed by atoms with Crippen molar-refractivity contribution in [1.82, 2.24) is 0 Å². The van der Waals surface area contributed by atoms with Gasteiger partial charge in [-0.05, 0) is 42.5 Å². The summed E-state index contributed by atoms with van der Waals surface area (Å²) in [5, 5.41) is 9.66. The third-order valence-electron chi connectivity index (χ3n) is 6.18. The Morgan fingerprint density at radius 1 is 0.889 bits per heavy atom. The van der Waals surface area contributed by atoms with Crippen LogP contribution in [0.2, 0.25) is 0 Å². The van der Waals surface area contributed by atoms with Crippen LogP contribution in [0.4, 0.5) is 40.8 Å². The first-order valence-corrected chi connectivity index (χ1v) is 11.5. The molecule has 1 N–H and O–H groups in total. The van der Waals surface area contributed by atoms with E-state index in [4.69, 9.17) is 4.74 Å². The van der Waals surface area contributed by atoms with E-state index in [1.165, 1.54) is 30.7 Å². The third-order valence-corrected chi connectivity index (χ3v) is 6.18. The number of aliphatic hydroxyl groups excluding tert-OH is 1. The Balaban J connectivity index is 1.84. The molecule has 1 aliphatic carbocycles. The van der Waals surface area contributed by atoms with Gasteiger partial charge in [0.2, 0.25) is 0 Å². The quantitative estimate of drug-likeness (QED) is 0.351. The molecule has 0 spiro atoms. The summed E-state index contributed by atoms with van der Waals surface area (Å²) in [6.45, 7) is -0.986. The molecule has 0 heterocycles. The van der Waals surface area contributed by atoms with Crippen LogP contribution in [0.3, 0.4) is 0 Å². The predicted molar refractivity (Wildman–Crippen MR) is 118 cm³/mol. The van der Waals surface area contributed by atoms with Gasteiger partial charge in [0.25, 0.3) is 0 Å². The smallest absolute Gasteiger partial charge is 0.458 e. The fourth-order valence-corrected chi connectivity index (χ4v) is 4.16. The molecule has 3 rings (SSSR count). The summed E-state index contributed by atoms with van der Waals surface area (Å²) in [5.41, 5.74) is -1.22. The normalized spacial score (nSPS) is 16.6. The number of rotatable bonds is 9. The average molecular weight is 525 g/mol. The second-order valence-electron chi connectivity index (χ2n) is 9.02. The van der Waals surface area contributed by atoms with Crippen molar-refractivity contribution in [2.24, 2.45) is 5.92 Å². The van der Waals surface area contributed by atoms with E-state index >= 15 is 0 Å². The zero-order chi connectivity index (χ0) is 26.6. The molecule has 11 heteroatoms. The van der Waals surface area contributed by atoms with Crippen molar-refractivity contribution in [2.45, 2.75) is 63.0 Å². The van der Waals surface area contributed by atoms with Gasteiger partial charge in [-0.15, -0.1) is 0 Å². The molecule has 200 valence electrons. The summed E-state index contributed by atoms with van der Waals surface area (Å²) < 4.78 is 111. The number of benzene rings is 2. The van der Waals surface area contributed by atoms with Gasteiger partial charge in [0.05, 0.1) is 13.2 Å². The number of aliphatic hydroxyl groups is 1. The molecule has 0 saturated heterocycles. The van der Waals surface area contributed by atoms with Crippen molar-refractivity contribution >= 4 is 5.69 Å². The Morgan fingerprint density at radius 3 is 2.19 bits per heavy atom. The molecule has 2 aromatic rings. The highest BCUT2D eigenvalue weighted by molar-refractivity contribution is 5.51. The summed E-state index contributed by atoms with van der Waals surface area (Å²) in [6, 6.07) is 9.47. The molecule has 0 radical (unpaired) electrons. The van der Waals surface area contributed by atoms with Crippen molar-refractivity contribution in [3.8, 4) is 5.75 Å². The molecule has 0 aliphatic heterocycles. The molecule has 0 amide bonds. The van der Waals surface area contributed by atoms with Crippen molar-refractivity contribution < 1.29 is 45.0 Å². The molecule has 36 heavy (non-hydrogen) atoms. The maximum atomic E-state index is 13.8. The summed E-state index contributed by atoms with van der Waals surface area (Å²) in [5.74, 6) is -4.39. The highest BCUT2D eigenvalue weighted by Gasteiger charge is 2.58. The largest absolute Gasteiger partial charge is 0.493 e.